The van der Waals surface area contributed by atoms with Crippen molar-refractivity contribution in [2.24, 2.45) is 0 Å². The molecule has 0 aromatic carbocycles. The maximum absolute atomic E-state index is 9.99. The van der Waals surface area contributed by atoms with E-state index in [4.69, 9.17) is 10.3 Å². The standard InChI is InChI=1S/C3H8N2O3/c1-2(6)4-3(7)5-8/h2,6,8H,1H3,(H2,4,5,7). The summed E-state index contributed by atoms with van der Waals surface area (Å²) in [5.74, 6) is 0. The van der Waals surface area contributed by atoms with E-state index in [0.717, 1.165) is 0 Å². The fourth-order valence-corrected chi connectivity index (χ4v) is 0.222. The number of urea groups is 1. The highest BCUT2D eigenvalue weighted by molar-refractivity contribution is 5.72. The molecule has 0 saturated heterocycles. The molecule has 0 bridgehead atoms. The number of aliphatic hydroxyl groups is 1. The minimum atomic E-state index is -0.942. The molecule has 2 amide bonds. The molecule has 0 rings (SSSR count). The van der Waals surface area contributed by atoms with Crippen LogP contribution in [0, 0.1) is 0 Å². The molecule has 0 fully saturated rings. The van der Waals surface area contributed by atoms with Crippen molar-refractivity contribution in [1.82, 2.24) is 10.8 Å². The van der Waals surface area contributed by atoms with Crippen molar-refractivity contribution < 1.29 is 15.1 Å². The molecule has 0 radical (unpaired) electrons. The van der Waals surface area contributed by atoms with Gasteiger partial charge in [-0.3, -0.25) is 5.21 Å². The van der Waals surface area contributed by atoms with Crippen LogP contribution in [0.5, 0.6) is 0 Å². The summed E-state index contributed by atoms with van der Waals surface area (Å²) in [4.78, 5) is 9.99. The quantitative estimate of drug-likeness (QED) is 0.204. The van der Waals surface area contributed by atoms with Crippen LogP contribution < -0.4 is 10.8 Å². The summed E-state index contributed by atoms with van der Waals surface area (Å²) in [6.07, 6.45) is -0.942. The van der Waals surface area contributed by atoms with Gasteiger partial charge in [0.05, 0.1) is 0 Å². The van der Waals surface area contributed by atoms with E-state index in [9.17, 15) is 4.79 Å². The van der Waals surface area contributed by atoms with E-state index in [1.807, 2.05) is 5.32 Å². The highest BCUT2D eigenvalue weighted by Crippen LogP contribution is 1.68. The van der Waals surface area contributed by atoms with E-state index in [1.54, 1.807) is 0 Å². The maximum Gasteiger partial charge on any atom is 0.340 e. The summed E-state index contributed by atoms with van der Waals surface area (Å²) in [5, 5.41) is 18.1. The normalized spacial score (nSPS) is 12.4. The van der Waals surface area contributed by atoms with Crippen LogP contribution in [0.25, 0.3) is 0 Å². The van der Waals surface area contributed by atoms with Crippen molar-refractivity contribution in [3.05, 3.63) is 0 Å². The molecule has 1 unspecified atom stereocenters. The number of aliphatic hydroxyl groups excluding tert-OH is 1. The molecule has 48 valence electrons. The first-order chi connectivity index (χ1) is 3.66. The summed E-state index contributed by atoms with van der Waals surface area (Å²) in [7, 11) is 0. The molecule has 0 aliphatic rings. The van der Waals surface area contributed by atoms with Gasteiger partial charge >= 0.3 is 6.03 Å². The summed E-state index contributed by atoms with van der Waals surface area (Å²) in [6, 6.07) is -0.819. The molecule has 0 aromatic heterocycles. The number of hydrogen-bond donors (Lipinski definition) is 4. The predicted molar refractivity (Wildman–Crippen MR) is 25.1 cm³/mol. The molecule has 4 N–H and O–H groups in total. The predicted octanol–water partition coefficient (Wildman–Crippen LogP) is -0.987. The lowest BCUT2D eigenvalue weighted by Crippen LogP contribution is -2.38. The number of carbonyl (C=O) groups is 1. The number of rotatable bonds is 1. The van der Waals surface area contributed by atoms with Gasteiger partial charge in [-0.1, -0.05) is 0 Å². The lowest BCUT2D eigenvalue weighted by Gasteiger charge is -2.03. The third-order valence-corrected chi connectivity index (χ3v) is 0.442. The van der Waals surface area contributed by atoms with Gasteiger partial charge in [-0.05, 0) is 6.92 Å². The third-order valence-electron chi connectivity index (χ3n) is 0.442. The minimum absolute atomic E-state index is 0.819. The van der Waals surface area contributed by atoms with Crippen molar-refractivity contribution in [1.29, 1.82) is 0 Å². The highest BCUT2D eigenvalue weighted by Gasteiger charge is 1.98. The van der Waals surface area contributed by atoms with Gasteiger partial charge < -0.3 is 10.4 Å². The van der Waals surface area contributed by atoms with Crippen LogP contribution in [0.3, 0.4) is 0 Å². The first-order valence-corrected chi connectivity index (χ1v) is 2.05. The number of nitrogens with one attached hydrogen (secondary N) is 2. The smallest absolute Gasteiger partial charge is 0.340 e. The van der Waals surface area contributed by atoms with Crippen LogP contribution in [-0.4, -0.2) is 22.6 Å². The summed E-state index contributed by atoms with van der Waals surface area (Å²) < 4.78 is 0. The summed E-state index contributed by atoms with van der Waals surface area (Å²) in [6.45, 7) is 1.36. The number of hydrogen-bond acceptors (Lipinski definition) is 3. The summed E-state index contributed by atoms with van der Waals surface area (Å²) >= 11 is 0. The van der Waals surface area contributed by atoms with E-state index in [0.29, 0.717) is 0 Å². The second-order valence-electron chi connectivity index (χ2n) is 1.26. The van der Waals surface area contributed by atoms with E-state index < -0.39 is 12.3 Å². The van der Waals surface area contributed by atoms with Crippen molar-refractivity contribution in [2.75, 3.05) is 0 Å². The Labute approximate surface area is 46.3 Å². The average molecular weight is 120 g/mol. The second-order valence-corrected chi connectivity index (χ2v) is 1.26. The lowest BCUT2D eigenvalue weighted by atomic mass is 10.7. The van der Waals surface area contributed by atoms with Gasteiger partial charge in [0.2, 0.25) is 0 Å². The number of carbonyl (C=O) groups excluding carboxylic acids is 1. The zero-order chi connectivity index (χ0) is 6.57. The first-order valence-electron chi connectivity index (χ1n) is 2.05. The Hall–Kier alpha value is -0.810. The molecule has 5 nitrogen and oxygen atoms in total. The number of hydroxylamine groups is 1. The van der Waals surface area contributed by atoms with Gasteiger partial charge in [-0.15, -0.1) is 0 Å². The lowest BCUT2D eigenvalue weighted by molar-refractivity contribution is 0.125. The van der Waals surface area contributed by atoms with Gasteiger partial charge in [0.1, 0.15) is 6.23 Å². The Bertz CT molecular complexity index is 82.6. The Morgan fingerprint density at radius 3 is 2.38 bits per heavy atom. The minimum Gasteiger partial charge on any atom is -0.374 e. The van der Waals surface area contributed by atoms with Crippen LogP contribution in [0.1, 0.15) is 6.92 Å². The third kappa shape index (κ3) is 3.38. The Morgan fingerprint density at radius 2 is 2.25 bits per heavy atom. The van der Waals surface area contributed by atoms with Crippen molar-refractivity contribution in [3.63, 3.8) is 0 Å². The van der Waals surface area contributed by atoms with Crippen LogP contribution >= 0.6 is 0 Å². The van der Waals surface area contributed by atoms with Crippen LogP contribution in [0.15, 0.2) is 0 Å². The second kappa shape index (κ2) is 3.23. The van der Waals surface area contributed by atoms with Gasteiger partial charge in [-0.25, -0.2) is 10.3 Å². The molecule has 0 saturated carbocycles. The molecule has 5 heteroatoms. The Morgan fingerprint density at radius 1 is 1.75 bits per heavy atom. The monoisotopic (exact) mass is 120 g/mol. The van der Waals surface area contributed by atoms with Gasteiger partial charge in [0.25, 0.3) is 0 Å². The van der Waals surface area contributed by atoms with Crippen molar-refractivity contribution in [2.45, 2.75) is 13.2 Å². The van der Waals surface area contributed by atoms with Crippen LogP contribution in [0.4, 0.5) is 4.79 Å². The molecule has 8 heavy (non-hydrogen) atoms. The van der Waals surface area contributed by atoms with Gasteiger partial charge in [-0.2, -0.15) is 0 Å². The van der Waals surface area contributed by atoms with Crippen LogP contribution in [-0.2, 0) is 0 Å². The van der Waals surface area contributed by atoms with Crippen LogP contribution in [0.2, 0.25) is 0 Å². The molecule has 1 atom stereocenters. The molecule has 0 aliphatic heterocycles. The molecular weight excluding hydrogens is 112 g/mol. The number of amides is 2. The Balaban J connectivity index is 3.25. The molecule has 0 spiro atoms. The zero-order valence-electron chi connectivity index (χ0n) is 4.38. The van der Waals surface area contributed by atoms with E-state index in [-0.39, 0.29) is 0 Å². The Kier molecular flexibility index (Phi) is 2.90. The molecule has 0 aliphatic carbocycles. The topological polar surface area (TPSA) is 81.6 Å². The van der Waals surface area contributed by atoms with Gasteiger partial charge in [0.15, 0.2) is 0 Å². The first kappa shape index (κ1) is 7.19. The fraction of sp³-hybridized carbons (Fsp3) is 0.667. The summed E-state index contributed by atoms with van der Waals surface area (Å²) in [5.41, 5.74) is 1.29. The largest absolute Gasteiger partial charge is 0.374 e. The zero-order valence-corrected chi connectivity index (χ0v) is 4.38. The average Bonchev–Trinajstić information content (AvgIpc) is 1.65. The maximum atomic E-state index is 9.99. The van der Waals surface area contributed by atoms with E-state index in [2.05, 4.69) is 0 Å². The molecular formula is C3H8N2O3. The van der Waals surface area contributed by atoms with E-state index in [1.165, 1.54) is 12.4 Å². The fourth-order valence-electron chi connectivity index (χ4n) is 0.222. The van der Waals surface area contributed by atoms with Crippen molar-refractivity contribution in [3.8, 4) is 0 Å². The van der Waals surface area contributed by atoms with Crippen molar-refractivity contribution >= 4 is 6.03 Å². The van der Waals surface area contributed by atoms with E-state index >= 15 is 0 Å². The molecule has 0 aromatic rings. The van der Waals surface area contributed by atoms with Gasteiger partial charge in [0, 0.05) is 0 Å². The molecule has 0 heterocycles. The SMILES string of the molecule is CC(O)NC(=O)NO. The highest BCUT2D eigenvalue weighted by atomic mass is 16.5.